The fraction of sp³-hybridized carbons (Fsp3) is 0.107. The van der Waals surface area contributed by atoms with Gasteiger partial charge in [0.1, 0.15) is 0 Å². The van der Waals surface area contributed by atoms with Gasteiger partial charge < -0.3 is 18.6 Å². The van der Waals surface area contributed by atoms with Crippen LogP contribution in [-0.2, 0) is 0 Å². The van der Waals surface area contributed by atoms with Gasteiger partial charge in [0.15, 0.2) is 0 Å². The van der Waals surface area contributed by atoms with E-state index in [1.165, 1.54) is 104 Å². The summed E-state index contributed by atoms with van der Waals surface area (Å²) in [6.07, 6.45) is 12.7. The zero-order chi connectivity index (χ0) is 39.6. The summed E-state index contributed by atoms with van der Waals surface area (Å²) in [6.45, 7) is 4.50. The Hall–Kier alpha value is -7.30. The topological polar surface area (TPSA) is 15.3 Å². The molecule has 13 rings (SSSR count). The molecular formula is C56H42N4. The highest BCUT2D eigenvalue weighted by molar-refractivity contribution is 6.28. The van der Waals surface area contributed by atoms with Crippen LogP contribution in [0.2, 0.25) is 0 Å². The number of fused-ring (bicyclic) bond motifs is 12. The molecule has 4 nitrogen and oxygen atoms in total. The Labute approximate surface area is 347 Å². The van der Waals surface area contributed by atoms with Gasteiger partial charge >= 0.3 is 0 Å². The standard InChI is InChI=1S/C56H42N4/c1-35-15-9-21-39(31-35)57(37-17-5-3-6-18-37)47-27-13-29-49-53(47)43-25-11-23-41-45-34-52-46(33-51(45)59(49)55(41)43)42-24-12-26-44-54-48(28-14-30-50(54)60(52)56(42)44)58(38-19-7-4-8-20-38)40-22-10-16-36(2)32-40/h3-13,15,17-27,29-34,36H,14,16,28H2,1-2H3. The second-order valence-electron chi connectivity index (χ2n) is 17.0. The molecule has 0 saturated carbocycles. The van der Waals surface area contributed by atoms with Crippen molar-refractivity contribution < 1.29 is 0 Å². The molecule has 0 amide bonds. The molecule has 0 aliphatic heterocycles. The average Bonchev–Trinajstić information content (AvgIpc) is 4.01. The molecule has 11 aromatic rings. The maximum atomic E-state index is 2.59. The van der Waals surface area contributed by atoms with Crippen molar-refractivity contribution in [3.05, 3.63) is 192 Å². The fourth-order valence-corrected chi connectivity index (χ4v) is 10.9. The molecule has 2 aliphatic rings. The number of allylic oxidation sites excluding steroid dienone is 3. The van der Waals surface area contributed by atoms with Crippen LogP contribution in [0.25, 0.3) is 77.1 Å². The van der Waals surface area contributed by atoms with Crippen molar-refractivity contribution in [1.29, 1.82) is 0 Å². The van der Waals surface area contributed by atoms with Crippen molar-refractivity contribution in [2.75, 3.05) is 9.80 Å². The molecule has 0 radical (unpaired) electrons. The quantitative estimate of drug-likeness (QED) is 0.167. The minimum atomic E-state index is 0.497. The summed E-state index contributed by atoms with van der Waals surface area (Å²) in [5.41, 5.74) is 15.0. The number of hydrogen-bond acceptors (Lipinski definition) is 2. The molecule has 0 spiro atoms. The van der Waals surface area contributed by atoms with E-state index in [0.29, 0.717) is 5.92 Å². The normalized spacial score (nSPS) is 15.6. The first kappa shape index (κ1) is 33.6. The van der Waals surface area contributed by atoms with Crippen LogP contribution in [0.1, 0.15) is 31.7 Å². The first-order valence-electron chi connectivity index (χ1n) is 21.4. The molecule has 0 saturated heterocycles. The van der Waals surface area contributed by atoms with Gasteiger partial charge in [0.05, 0.1) is 38.6 Å². The Morgan fingerprint density at radius 3 is 1.92 bits per heavy atom. The SMILES string of the molecule is Cc1cccc(N(c2ccccc2)c2cccc3c2c2cccc4c5cc6c(cc5n3c42)c2cccc3c4c(n6c32)=CCCC=4N(C2=CC(C)CC=C2)c2ccccc2)c1. The van der Waals surface area contributed by atoms with Gasteiger partial charge in [-0.2, -0.15) is 0 Å². The lowest BCUT2D eigenvalue weighted by Crippen LogP contribution is -2.37. The van der Waals surface area contributed by atoms with E-state index in [1.54, 1.807) is 0 Å². The Morgan fingerprint density at radius 1 is 0.550 bits per heavy atom. The first-order chi connectivity index (χ1) is 29.6. The van der Waals surface area contributed by atoms with E-state index in [2.05, 4.69) is 208 Å². The molecule has 1 atom stereocenters. The average molecular weight is 771 g/mol. The van der Waals surface area contributed by atoms with Gasteiger partial charge in [-0.25, -0.2) is 0 Å². The molecule has 4 heteroatoms. The molecule has 1 unspecified atom stereocenters. The van der Waals surface area contributed by atoms with Crippen molar-refractivity contribution in [3.63, 3.8) is 0 Å². The number of benzene rings is 7. The van der Waals surface area contributed by atoms with Gasteiger partial charge in [0.2, 0.25) is 0 Å². The van der Waals surface area contributed by atoms with E-state index in [0.717, 1.165) is 30.6 Å². The van der Waals surface area contributed by atoms with E-state index in [-0.39, 0.29) is 0 Å². The van der Waals surface area contributed by atoms with Crippen molar-refractivity contribution in [2.24, 2.45) is 5.92 Å². The number of hydrogen-bond donors (Lipinski definition) is 0. The van der Waals surface area contributed by atoms with Gasteiger partial charge in [-0.3, -0.25) is 0 Å². The van der Waals surface area contributed by atoms with Crippen molar-refractivity contribution in [3.8, 4) is 0 Å². The third-order valence-corrected chi connectivity index (χ3v) is 13.3. The molecule has 0 bridgehead atoms. The zero-order valence-corrected chi connectivity index (χ0v) is 33.7. The maximum absolute atomic E-state index is 2.59. The number of nitrogens with zero attached hydrogens (tertiary/aromatic N) is 4. The molecular weight excluding hydrogens is 729 g/mol. The summed E-state index contributed by atoms with van der Waals surface area (Å²) in [6, 6.07) is 56.3. The highest BCUT2D eigenvalue weighted by Gasteiger charge is 2.27. The molecule has 4 heterocycles. The van der Waals surface area contributed by atoms with Gasteiger partial charge in [-0.15, -0.1) is 0 Å². The van der Waals surface area contributed by atoms with Crippen LogP contribution in [0.4, 0.5) is 22.7 Å². The summed E-state index contributed by atoms with van der Waals surface area (Å²) < 4.78 is 5.14. The minimum absolute atomic E-state index is 0.497. The van der Waals surface area contributed by atoms with Crippen LogP contribution in [0.15, 0.2) is 176 Å². The number of aromatic nitrogens is 2. The van der Waals surface area contributed by atoms with E-state index < -0.39 is 0 Å². The molecule has 0 fully saturated rings. The molecule has 0 N–H and O–H groups in total. The minimum Gasteiger partial charge on any atom is -0.314 e. The van der Waals surface area contributed by atoms with Gasteiger partial charge in [-0.05, 0) is 104 Å². The second kappa shape index (κ2) is 12.6. The predicted molar refractivity (Wildman–Crippen MR) is 254 cm³/mol. The monoisotopic (exact) mass is 770 g/mol. The number of rotatable bonds is 6. The fourth-order valence-electron chi connectivity index (χ4n) is 10.9. The van der Waals surface area contributed by atoms with Crippen LogP contribution in [0.5, 0.6) is 0 Å². The lowest BCUT2D eigenvalue weighted by Gasteiger charge is -2.31. The Bertz CT molecular complexity index is 3720. The summed E-state index contributed by atoms with van der Waals surface area (Å²) in [7, 11) is 0. The van der Waals surface area contributed by atoms with Crippen LogP contribution < -0.4 is 20.4 Å². The van der Waals surface area contributed by atoms with Gasteiger partial charge in [-0.1, -0.05) is 116 Å². The largest absolute Gasteiger partial charge is 0.314 e. The first-order valence-corrected chi connectivity index (χ1v) is 21.4. The molecule has 2 aliphatic carbocycles. The summed E-state index contributed by atoms with van der Waals surface area (Å²) in [4.78, 5) is 4.97. The van der Waals surface area contributed by atoms with E-state index in [9.17, 15) is 0 Å². The van der Waals surface area contributed by atoms with E-state index in [1.807, 2.05) is 0 Å². The zero-order valence-electron chi connectivity index (χ0n) is 33.7. The third-order valence-electron chi connectivity index (χ3n) is 13.3. The second-order valence-corrected chi connectivity index (χ2v) is 17.0. The predicted octanol–water partition coefficient (Wildman–Crippen LogP) is 13.3. The number of para-hydroxylation sites is 4. The Balaban J connectivity index is 1.10. The molecule has 7 aromatic carbocycles. The highest BCUT2D eigenvalue weighted by Crippen LogP contribution is 2.47. The highest BCUT2D eigenvalue weighted by atomic mass is 15.2. The van der Waals surface area contributed by atoms with Gasteiger partial charge in [0, 0.05) is 71.4 Å². The summed E-state index contributed by atoms with van der Waals surface area (Å²) in [5, 5.41) is 11.7. The van der Waals surface area contributed by atoms with Crippen LogP contribution >= 0.6 is 0 Å². The number of anilines is 4. The lowest BCUT2D eigenvalue weighted by atomic mass is 9.98. The van der Waals surface area contributed by atoms with Crippen LogP contribution in [0, 0.1) is 12.8 Å². The smallest absolute Gasteiger partial charge is 0.0621 e. The summed E-state index contributed by atoms with van der Waals surface area (Å²) in [5.74, 6) is 0.497. The number of aryl methyl sites for hydroxylation is 1. The molecule has 60 heavy (non-hydrogen) atoms. The van der Waals surface area contributed by atoms with Crippen molar-refractivity contribution in [2.45, 2.75) is 33.1 Å². The van der Waals surface area contributed by atoms with Crippen LogP contribution in [0.3, 0.4) is 0 Å². The molecule has 4 aromatic heterocycles. The molecule has 286 valence electrons. The van der Waals surface area contributed by atoms with Crippen LogP contribution in [-0.4, -0.2) is 8.80 Å². The summed E-state index contributed by atoms with van der Waals surface area (Å²) >= 11 is 0. The third kappa shape index (κ3) is 4.62. The van der Waals surface area contributed by atoms with E-state index in [4.69, 9.17) is 0 Å². The lowest BCUT2D eigenvalue weighted by molar-refractivity contribution is 0.725. The Kier molecular flexibility index (Phi) is 7.07. The van der Waals surface area contributed by atoms with Crippen molar-refractivity contribution in [1.82, 2.24) is 8.80 Å². The Morgan fingerprint density at radius 2 is 1.18 bits per heavy atom. The van der Waals surface area contributed by atoms with E-state index >= 15 is 0 Å². The van der Waals surface area contributed by atoms with Crippen molar-refractivity contribution >= 4 is 99.8 Å². The van der Waals surface area contributed by atoms with Gasteiger partial charge in [0.25, 0.3) is 0 Å². The maximum Gasteiger partial charge on any atom is 0.0621 e.